The highest BCUT2D eigenvalue weighted by Crippen LogP contribution is 2.81. The Labute approximate surface area is 67.5 Å². The first kappa shape index (κ1) is 6.44. The van der Waals surface area contributed by atoms with E-state index >= 15 is 0 Å². The van der Waals surface area contributed by atoms with Gasteiger partial charge in [0, 0.05) is 18.6 Å². The van der Waals surface area contributed by atoms with Gasteiger partial charge in [-0.1, -0.05) is 6.92 Å². The summed E-state index contributed by atoms with van der Waals surface area (Å²) >= 11 is 0. The van der Waals surface area contributed by atoms with E-state index in [9.17, 15) is 0 Å². The van der Waals surface area contributed by atoms with Crippen LogP contribution in [0.15, 0.2) is 0 Å². The monoisotopic (exact) mass is 153 g/mol. The van der Waals surface area contributed by atoms with E-state index in [1.54, 1.807) is 0 Å². The Bertz CT molecular complexity index is 190. The summed E-state index contributed by atoms with van der Waals surface area (Å²) in [5, 5.41) is 0. The molecule has 1 heterocycles. The zero-order chi connectivity index (χ0) is 7.53. The quantitative estimate of drug-likeness (QED) is 0.554. The summed E-state index contributed by atoms with van der Waals surface area (Å²) in [5.41, 5.74) is 1.42. The third-order valence-electron chi connectivity index (χ3n) is 3.86. The molecule has 0 aromatic carbocycles. The van der Waals surface area contributed by atoms with Crippen LogP contribution in [0.25, 0.3) is 0 Å². The van der Waals surface area contributed by atoms with E-state index in [0.29, 0.717) is 5.54 Å². The molecule has 62 valence electrons. The molecule has 1 saturated heterocycles. The van der Waals surface area contributed by atoms with Crippen LogP contribution >= 0.6 is 0 Å². The van der Waals surface area contributed by atoms with Crippen molar-refractivity contribution in [2.75, 3.05) is 26.3 Å². The van der Waals surface area contributed by atoms with Crippen molar-refractivity contribution in [2.24, 2.45) is 5.41 Å². The molecule has 2 aliphatic carbocycles. The summed E-state index contributed by atoms with van der Waals surface area (Å²) in [7, 11) is 0. The van der Waals surface area contributed by atoms with Crippen molar-refractivity contribution in [3.8, 4) is 0 Å². The Balaban J connectivity index is 1.71. The summed E-state index contributed by atoms with van der Waals surface area (Å²) in [6, 6.07) is 0. The standard InChI is InChI=1S/C9H15NO/c1-8-6-9(8,7-8)10-2-4-11-5-3-10/h2-7H2,1H3. The lowest BCUT2D eigenvalue weighted by Gasteiger charge is -2.29. The zero-order valence-electron chi connectivity index (χ0n) is 7.10. The van der Waals surface area contributed by atoms with Crippen molar-refractivity contribution in [1.29, 1.82) is 0 Å². The van der Waals surface area contributed by atoms with E-state index in [1.165, 1.54) is 25.9 Å². The molecule has 0 amide bonds. The molecule has 2 heteroatoms. The highest BCUT2D eigenvalue weighted by molar-refractivity contribution is 5.36. The van der Waals surface area contributed by atoms with Gasteiger partial charge in [0.1, 0.15) is 0 Å². The van der Waals surface area contributed by atoms with E-state index in [1.807, 2.05) is 0 Å². The number of nitrogens with zero attached hydrogens (tertiary/aromatic N) is 1. The molecule has 0 aromatic rings. The van der Waals surface area contributed by atoms with Crippen LogP contribution in [-0.2, 0) is 4.74 Å². The molecule has 0 atom stereocenters. The average Bonchev–Trinajstić information content (AvgIpc) is 2.76. The third-order valence-corrected chi connectivity index (χ3v) is 3.86. The highest BCUT2D eigenvalue weighted by atomic mass is 16.5. The van der Waals surface area contributed by atoms with Gasteiger partial charge in [-0.3, -0.25) is 4.90 Å². The van der Waals surface area contributed by atoms with Crippen molar-refractivity contribution in [3.63, 3.8) is 0 Å². The smallest absolute Gasteiger partial charge is 0.0594 e. The first-order valence-electron chi connectivity index (χ1n) is 4.60. The molecule has 3 aliphatic rings. The molecule has 0 unspecified atom stereocenters. The van der Waals surface area contributed by atoms with Crippen LogP contribution in [0.4, 0.5) is 0 Å². The zero-order valence-corrected chi connectivity index (χ0v) is 7.10. The maximum absolute atomic E-state index is 5.33. The topological polar surface area (TPSA) is 12.5 Å². The molecule has 2 saturated carbocycles. The molecule has 3 fully saturated rings. The second-order valence-corrected chi connectivity index (χ2v) is 4.55. The van der Waals surface area contributed by atoms with Gasteiger partial charge in [-0.15, -0.1) is 0 Å². The number of morpholine rings is 1. The van der Waals surface area contributed by atoms with Gasteiger partial charge in [-0.25, -0.2) is 0 Å². The van der Waals surface area contributed by atoms with E-state index in [4.69, 9.17) is 4.74 Å². The molecule has 0 bridgehead atoms. The summed E-state index contributed by atoms with van der Waals surface area (Å²) < 4.78 is 5.33. The third kappa shape index (κ3) is 0.651. The van der Waals surface area contributed by atoms with Crippen LogP contribution in [0.1, 0.15) is 19.8 Å². The molecule has 0 spiro atoms. The molecule has 1 aliphatic heterocycles. The average molecular weight is 153 g/mol. The molecule has 3 rings (SSSR count). The molecule has 0 aromatic heterocycles. The molecular formula is C9H15NO. The van der Waals surface area contributed by atoms with E-state index < -0.39 is 0 Å². The SMILES string of the molecule is CC12CC1(N1CCOCC1)C2. The molecule has 0 N–H and O–H groups in total. The van der Waals surface area contributed by atoms with Crippen molar-refractivity contribution in [1.82, 2.24) is 4.90 Å². The van der Waals surface area contributed by atoms with E-state index in [2.05, 4.69) is 11.8 Å². The molecule has 11 heavy (non-hydrogen) atoms. The van der Waals surface area contributed by atoms with Gasteiger partial charge in [0.25, 0.3) is 0 Å². The van der Waals surface area contributed by atoms with Gasteiger partial charge in [0.2, 0.25) is 0 Å². The summed E-state index contributed by atoms with van der Waals surface area (Å²) in [4.78, 5) is 2.65. The fourth-order valence-corrected chi connectivity index (χ4v) is 2.75. The summed E-state index contributed by atoms with van der Waals surface area (Å²) in [6.07, 6.45) is 2.92. The van der Waals surface area contributed by atoms with Gasteiger partial charge < -0.3 is 4.74 Å². The van der Waals surface area contributed by atoms with Crippen LogP contribution < -0.4 is 0 Å². The van der Waals surface area contributed by atoms with Gasteiger partial charge >= 0.3 is 0 Å². The minimum absolute atomic E-state index is 0.677. The highest BCUT2D eigenvalue weighted by Gasteiger charge is 2.82. The maximum Gasteiger partial charge on any atom is 0.0594 e. The van der Waals surface area contributed by atoms with Gasteiger partial charge in [0.05, 0.1) is 13.2 Å². The van der Waals surface area contributed by atoms with Crippen molar-refractivity contribution in [2.45, 2.75) is 25.3 Å². The largest absolute Gasteiger partial charge is 0.379 e. The van der Waals surface area contributed by atoms with Crippen molar-refractivity contribution < 1.29 is 4.74 Å². The predicted octanol–water partition coefficient (Wildman–Crippen LogP) is 0.871. The lowest BCUT2D eigenvalue weighted by Crippen LogP contribution is -2.41. The lowest BCUT2D eigenvalue weighted by atomic mass is 10.2. The number of fused-ring (bicyclic) bond motifs is 1. The van der Waals surface area contributed by atoms with Gasteiger partial charge in [0.15, 0.2) is 0 Å². The summed E-state index contributed by atoms with van der Waals surface area (Å²) in [5.74, 6) is 0. The first-order chi connectivity index (χ1) is 5.27. The van der Waals surface area contributed by atoms with Gasteiger partial charge in [-0.05, 0) is 18.3 Å². The van der Waals surface area contributed by atoms with Crippen LogP contribution in [0, 0.1) is 5.41 Å². The summed E-state index contributed by atoms with van der Waals surface area (Å²) in [6.45, 7) is 6.68. The Kier molecular flexibility index (Phi) is 0.961. The Morgan fingerprint density at radius 3 is 2.18 bits per heavy atom. The van der Waals surface area contributed by atoms with E-state index in [0.717, 1.165) is 18.6 Å². The first-order valence-corrected chi connectivity index (χ1v) is 4.60. The second kappa shape index (κ2) is 1.64. The second-order valence-electron chi connectivity index (χ2n) is 4.55. The van der Waals surface area contributed by atoms with Crippen LogP contribution in [0.5, 0.6) is 0 Å². The Hall–Kier alpha value is -0.0800. The normalized spacial score (nSPS) is 55.4. The van der Waals surface area contributed by atoms with Crippen molar-refractivity contribution >= 4 is 0 Å². The van der Waals surface area contributed by atoms with Crippen LogP contribution in [0.3, 0.4) is 0 Å². The number of hydrogen-bond donors (Lipinski definition) is 0. The van der Waals surface area contributed by atoms with Crippen LogP contribution in [0.2, 0.25) is 0 Å². The fraction of sp³-hybridized carbons (Fsp3) is 1.00. The minimum Gasteiger partial charge on any atom is -0.379 e. The van der Waals surface area contributed by atoms with E-state index in [-0.39, 0.29) is 0 Å². The fourth-order valence-electron chi connectivity index (χ4n) is 2.75. The predicted molar refractivity (Wildman–Crippen MR) is 42.5 cm³/mol. The van der Waals surface area contributed by atoms with Crippen LogP contribution in [-0.4, -0.2) is 36.7 Å². The molecule has 0 radical (unpaired) electrons. The number of hydrogen-bond acceptors (Lipinski definition) is 2. The Morgan fingerprint density at radius 2 is 1.73 bits per heavy atom. The lowest BCUT2D eigenvalue weighted by molar-refractivity contribution is 0.0221. The minimum atomic E-state index is 0.677. The van der Waals surface area contributed by atoms with Crippen molar-refractivity contribution in [3.05, 3.63) is 0 Å². The molecule has 2 nitrogen and oxygen atoms in total. The maximum atomic E-state index is 5.33. The van der Waals surface area contributed by atoms with Gasteiger partial charge in [-0.2, -0.15) is 0 Å². The Morgan fingerprint density at radius 1 is 1.18 bits per heavy atom. The number of ether oxygens (including phenoxy) is 1. The molecular weight excluding hydrogens is 138 g/mol. The number of rotatable bonds is 1.